The van der Waals surface area contributed by atoms with Crippen LogP contribution in [0.25, 0.3) is 0 Å². The molecule has 3 aromatic rings. The fourth-order valence-electron chi connectivity index (χ4n) is 4.16. The highest BCUT2D eigenvalue weighted by molar-refractivity contribution is 7.91. The van der Waals surface area contributed by atoms with Gasteiger partial charge < -0.3 is 10.6 Å². The van der Waals surface area contributed by atoms with Gasteiger partial charge in [-0.05, 0) is 65.6 Å². The predicted molar refractivity (Wildman–Crippen MR) is 144 cm³/mol. The Kier molecular flexibility index (Phi) is 7.63. The first-order valence-corrected chi connectivity index (χ1v) is 14.2. The third kappa shape index (κ3) is 6.03. The van der Waals surface area contributed by atoms with E-state index in [4.69, 9.17) is 0 Å². The molecule has 1 saturated heterocycles. The van der Waals surface area contributed by atoms with Crippen LogP contribution in [0.5, 0.6) is 0 Å². The molecule has 0 bridgehead atoms. The molecule has 1 atom stereocenters. The summed E-state index contributed by atoms with van der Waals surface area (Å²) in [5, 5.41) is 7.49. The van der Waals surface area contributed by atoms with Crippen molar-refractivity contribution in [3.63, 3.8) is 0 Å². The van der Waals surface area contributed by atoms with E-state index in [0.717, 1.165) is 5.56 Å². The standard InChI is InChI=1S/C27H31N3O4S2/c1-27(2,3)21-13-11-19(12-14-21)25(31)28-22-8-4-9-23(17-22)29-26(32)20-7-5-15-30(18-20)36(33,34)24-10-6-16-35-24/h4,6,8-14,16-17,20H,5,7,15,18H2,1-3H3,(H,28,31)(H,29,32)/t20-/m0/s1. The zero-order chi connectivity index (χ0) is 25.9. The number of anilines is 2. The number of hydrogen-bond acceptors (Lipinski definition) is 5. The van der Waals surface area contributed by atoms with Gasteiger partial charge in [-0.2, -0.15) is 4.31 Å². The van der Waals surface area contributed by atoms with Gasteiger partial charge in [-0.25, -0.2) is 8.42 Å². The minimum atomic E-state index is -3.59. The molecule has 0 radical (unpaired) electrons. The number of nitrogens with one attached hydrogen (secondary N) is 2. The van der Waals surface area contributed by atoms with Crippen molar-refractivity contribution in [3.8, 4) is 0 Å². The van der Waals surface area contributed by atoms with Crippen molar-refractivity contribution in [2.45, 2.75) is 43.2 Å². The quantitative estimate of drug-likeness (QED) is 0.454. The van der Waals surface area contributed by atoms with E-state index >= 15 is 0 Å². The van der Waals surface area contributed by atoms with Crippen molar-refractivity contribution in [1.29, 1.82) is 0 Å². The molecule has 9 heteroatoms. The minimum Gasteiger partial charge on any atom is -0.326 e. The van der Waals surface area contributed by atoms with Gasteiger partial charge in [-0.1, -0.05) is 45.0 Å². The second-order valence-electron chi connectivity index (χ2n) is 9.99. The molecule has 0 saturated carbocycles. The van der Waals surface area contributed by atoms with Crippen molar-refractivity contribution in [1.82, 2.24) is 4.31 Å². The molecule has 36 heavy (non-hydrogen) atoms. The van der Waals surface area contributed by atoms with Gasteiger partial charge in [0.2, 0.25) is 5.91 Å². The molecular formula is C27H31N3O4S2. The Bertz CT molecular complexity index is 1330. The Hall–Kier alpha value is -3.01. The van der Waals surface area contributed by atoms with Gasteiger partial charge in [0.15, 0.2) is 0 Å². The van der Waals surface area contributed by atoms with Crippen LogP contribution in [0.2, 0.25) is 0 Å². The van der Waals surface area contributed by atoms with Crippen molar-refractivity contribution < 1.29 is 18.0 Å². The van der Waals surface area contributed by atoms with Gasteiger partial charge in [0, 0.05) is 30.0 Å². The second kappa shape index (κ2) is 10.5. The lowest BCUT2D eigenvalue weighted by molar-refractivity contribution is -0.120. The number of thiophene rings is 1. The van der Waals surface area contributed by atoms with Gasteiger partial charge >= 0.3 is 0 Å². The van der Waals surface area contributed by atoms with Crippen molar-refractivity contribution in [2.24, 2.45) is 5.92 Å². The molecule has 0 aliphatic carbocycles. The van der Waals surface area contributed by atoms with E-state index in [1.807, 2.05) is 12.1 Å². The normalized spacial score (nSPS) is 16.9. The van der Waals surface area contributed by atoms with E-state index in [-0.39, 0.29) is 23.8 Å². The average molecular weight is 526 g/mol. The number of hydrogen-bond donors (Lipinski definition) is 2. The summed E-state index contributed by atoms with van der Waals surface area (Å²) in [5.41, 5.74) is 2.80. The highest BCUT2D eigenvalue weighted by Crippen LogP contribution is 2.27. The third-order valence-corrected chi connectivity index (χ3v) is 9.48. The van der Waals surface area contributed by atoms with Crippen molar-refractivity contribution in [3.05, 3.63) is 77.2 Å². The molecule has 2 N–H and O–H groups in total. The first kappa shape index (κ1) is 26.1. The number of carbonyl (C=O) groups excluding carboxylic acids is 2. The van der Waals surface area contributed by atoms with E-state index in [1.54, 1.807) is 53.9 Å². The molecule has 190 valence electrons. The molecule has 0 unspecified atom stereocenters. The molecule has 2 heterocycles. The number of sulfonamides is 1. The minimum absolute atomic E-state index is 0.00501. The van der Waals surface area contributed by atoms with E-state index in [1.165, 1.54) is 15.6 Å². The van der Waals surface area contributed by atoms with Gasteiger partial charge in [-0.3, -0.25) is 9.59 Å². The Labute approximate surface area is 216 Å². The second-order valence-corrected chi connectivity index (χ2v) is 13.1. The van der Waals surface area contributed by atoms with Crippen LogP contribution in [0.15, 0.2) is 70.3 Å². The Morgan fingerprint density at radius 1 is 0.972 bits per heavy atom. The number of benzene rings is 2. The summed E-state index contributed by atoms with van der Waals surface area (Å²) in [6.07, 6.45) is 1.23. The van der Waals surface area contributed by atoms with Crippen LogP contribution in [-0.4, -0.2) is 37.6 Å². The van der Waals surface area contributed by atoms with Crippen LogP contribution in [-0.2, 0) is 20.2 Å². The fourth-order valence-corrected chi connectivity index (χ4v) is 6.82. The molecule has 1 aliphatic rings. The van der Waals surface area contributed by atoms with Crippen LogP contribution < -0.4 is 10.6 Å². The zero-order valence-corrected chi connectivity index (χ0v) is 22.3. The topological polar surface area (TPSA) is 95.6 Å². The van der Waals surface area contributed by atoms with E-state index in [9.17, 15) is 18.0 Å². The molecule has 0 spiro atoms. The number of amides is 2. The zero-order valence-electron chi connectivity index (χ0n) is 20.7. The third-order valence-electron chi connectivity index (χ3n) is 6.25. The van der Waals surface area contributed by atoms with Gasteiger partial charge in [0.05, 0.1) is 5.92 Å². The summed E-state index contributed by atoms with van der Waals surface area (Å²) in [6, 6.07) is 17.8. The van der Waals surface area contributed by atoms with Crippen LogP contribution in [0.4, 0.5) is 11.4 Å². The number of carbonyl (C=O) groups is 2. The highest BCUT2D eigenvalue weighted by atomic mass is 32.2. The molecule has 2 aromatic carbocycles. The number of rotatable bonds is 6. The smallest absolute Gasteiger partial charge is 0.255 e. The lowest BCUT2D eigenvalue weighted by Crippen LogP contribution is -2.43. The largest absolute Gasteiger partial charge is 0.326 e. The maximum atomic E-state index is 13.0. The number of piperidine rings is 1. The first-order chi connectivity index (χ1) is 17.0. The van der Waals surface area contributed by atoms with E-state index in [0.29, 0.717) is 40.5 Å². The maximum absolute atomic E-state index is 13.0. The summed E-state index contributed by atoms with van der Waals surface area (Å²) in [6.45, 7) is 6.91. The van der Waals surface area contributed by atoms with Crippen molar-refractivity contribution >= 4 is 44.5 Å². The SMILES string of the molecule is CC(C)(C)c1ccc(C(=O)Nc2cccc(NC(=O)[C@H]3CCCN(S(=O)(=O)c4cccs4)C3)c2)cc1. The lowest BCUT2D eigenvalue weighted by Gasteiger charge is -2.30. The molecule has 4 rings (SSSR count). The summed E-state index contributed by atoms with van der Waals surface area (Å²) in [7, 11) is -3.59. The fraction of sp³-hybridized carbons (Fsp3) is 0.333. The Morgan fingerprint density at radius 3 is 2.31 bits per heavy atom. The maximum Gasteiger partial charge on any atom is 0.255 e. The summed E-state index contributed by atoms with van der Waals surface area (Å²) < 4.78 is 27.4. The highest BCUT2D eigenvalue weighted by Gasteiger charge is 2.33. The molecule has 1 fully saturated rings. The number of nitrogens with zero attached hydrogens (tertiary/aromatic N) is 1. The molecular weight excluding hydrogens is 494 g/mol. The summed E-state index contributed by atoms with van der Waals surface area (Å²) in [4.78, 5) is 25.7. The van der Waals surface area contributed by atoms with Crippen LogP contribution >= 0.6 is 11.3 Å². The predicted octanol–water partition coefficient (Wildman–Crippen LogP) is 5.34. The molecule has 1 aromatic heterocycles. The Balaban J connectivity index is 1.39. The van der Waals surface area contributed by atoms with Crippen LogP contribution in [0.3, 0.4) is 0 Å². The van der Waals surface area contributed by atoms with Gasteiger partial charge in [0.1, 0.15) is 4.21 Å². The molecule has 7 nitrogen and oxygen atoms in total. The average Bonchev–Trinajstić information content (AvgIpc) is 3.40. The summed E-state index contributed by atoms with van der Waals surface area (Å²) in [5.74, 6) is -0.920. The van der Waals surface area contributed by atoms with E-state index < -0.39 is 15.9 Å². The van der Waals surface area contributed by atoms with E-state index in [2.05, 4.69) is 31.4 Å². The van der Waals surface area contributed by atoms with Gasteiger partial charge in [0.25, 0.3) is 15.9 Å². The Morgan fingerprint density at radius 2 is 1.67 bits per heavy atom. The van der Waals surface area contributed by atoms with Crippen molar-refractivity contribution in [2.75, 3.05) is 23.7 Å². The lowest BCUT2D eigenvalue weighted by atomic mass is 9.87. The van der Waals surface area contributed by atoms with Crippen LogP contribution in [0, 0.1) is 5.92 Å². The molecule has 1 aliphatic heterocycles. The monoisotopic (exact) mass is 525 g/mol. The first-order valence-electron chi connectivity index (χ1n) is 11.9. The molecule has 2 amide bonds. The van der Waals surface area contributed by atoms with Crippen LogP contribution in [0.1, 0.15) is 49.5 Å². The summed E-state index contributed by atoms with van der Waals surface area (Å²) >= 11 is 1.18. The van der Waals surface area contributed by atoms with Gasteiger partial charge in [-0.15, -0.1) is 11.3 Å².